The van der Waals surface area contributed by atoms with E-state index in [-0.39, 0.29) is 12.0 Å². The Morgan fingerprint density at radius 1 is 1.38 bits per heavy atom. The van der Waals surface area contributed by atoms with Gasteiger partial charge in [-0.3, -0.25) is 4.79 Å². The number of nitrogens with zero attached hydrogens (tertiary/aromatic N) is 2. The second-order valence-corrected chi connectivity index (χ2v) is 6.07. The Kier molecular flexibility index (Phi) is 6.25. The summed E-state index contributed by atoms with van der Waals surface area (Å²) >= 11 is 0. The summed E-state index contributed by atoms with van der Waals surface area (Å²) in [5, 5.41) is 2.89. The van der Waals surface area contributed by atoms with Gasteiger partial charge in [0.25, 0.3) is 5.91 Å². The van der Waals surface area contributed by atoms with E-state index >= 15 is 0 Å². The minimum absolute atomic E-state index is 0.0651. The number of rotatable bonds is 8. The summed E-state index contributed by atoms with van der Waals surface area (Å²) in [6.07, 6.45) is 2.43. The lowest BCUT2D eigenvalue weighted by Gasteiger charge is -2.25. The highest BCUT2D eigenvalue weighted by Gasteiger charge is 2.26. The van der Waals surface area contributed by atoms with Crippen molar-refractivity contribution in [3.8, 4) is 5.75 Å². The van der Waals surface area contributed by atoms with Gasteiger partial charge in [-0.25, -0.2) is 4.98 Å². The Morgan fingerprint density at radius 2 is 2.19 bits per heavy atom. The van der Waals surface area contributed by atoms with Crippen LogP contribution >= 0.6 is 0 Å². The highest BCUT2D eigenvalue weighted by molar-refractivity contribution is 5.93. The summed E-state index contributed by atoms with van der Waals surface area (Å²) < 4.78 is 18.4. The third-order valence-electron chi connectivity index (χ3n) is 4.39. The van der Waals surface area contributed by atoms with Crippen molar-refractivity contribution < 1.29 is 19.0 Å². The van der Waals surface area contributed by atoms with Crippen LogP contribution in [0.1, 0.15) is 41.2 Å². The van der Waals surface area contributed by atoms with E-state index in [2.05, 4.69) is 10.3 Å². The maximum absolute atomic E-state index is 12.3. The molecular weight excluding hydrogens is 334 g/mol. The maximum atomic E-state index is 12.3. The number of carbonyl (C=O) groups is 1. The van der Waals surface area contributed by atoms with Crippen molar-refractivity contribution in [3.63, 3.8) is 0 Å². The van der Waals surface area contributed by atoms with Gasteiger partial charge < -0.3 is 24.1 Å². The highest BCUT2D eigenvalue weighted by Crippen LogP contribution is 2.28. The van der Waals surface area contributed by atoms with Crippen molar-refractivity contribution in [2.24, 2.45) is 0 Å². The number of aromatic nitrogens is 2. The summed E-state index contributed by atoms with van der Waals surface area (Å²) in [6.45, 7) is 4.85. The molecule has 1 N–H and O–H groups in total. The fraction of sp³-hybridized carbons (Fsp3) is 0.474. The van der Waals surface area contributed by atoms with Crippen LogP contribution in [0, 0.1) is 0 Å². The van der Waals surface area contributed by atoms with Gasteiger partial charge in [0.05, 0.1) is 32.3 Å². The molecule has 2 heterocycles. The largest absolute Gasteiger partial charge is 0.497 e. The van der Waals surface area contributed by atoms with Crippen molar-refractivity contribution in [1.82, 2.24) is 14.9 Å². The number of hydrogen-bond acceptors (Lipinski definition) is 5. The van der Waals surface area contributed by atoms with E-state index in [1.165, 1.54) is 0 Å². The van der Waals surface area contributed by atoms with Gasteiger partial charge in [0.15, 0.2) is 5.69 Å². The maximum Gasteiger partial charge on any atom is 0.271 e. The van der Waals surface area contributed by atoms with Crippen molar-refractivity contribution in [3.05, 3.63) is 47.5 Å². The topological polar surface area (TPSA) is 74.6 Å². The second-order valence-electron chi connectivity index (χ2n) is 6.07. The Hall–Kier alpha value is -2.38. The van der Waals surface area contributed by atoms with E-state index in [9.17, 15) is 4.79 Å². The summed E-state index contributed by atoms with van der Waals surface area (Å²) in [5.74, 6) is 0.651. The molecule has 1 amide bonds. The number of ether oxygens (including phenoxy) is 3. The van der Waals surface area contributed by atoms with Crippen LogP contribution in [0.15, 0.2) is 30.6 Å². The minimum atomic E-state index is -0.165. The molecule has 0 aliphatic carbocycles. The summed E-state index contributed by atoms with van der Waals surface area (Å²) in [4.78, 5) is 16.6. The van der Waals surface area contributed by atoms with Crippen molar-refractivity contribution >= 4 is 5.91 Å². The van der Waals surface area contributed by atoms with Gasteiger partial charge in [-0.1, -0.05) is 12.1 Å². The van der Waals surface area contributed by atoms with E-state index in [0.717, 1.165) is 23.4 Å². The molecule has 26 heavy (non-hydrogen) atoms. The standard InChI is InChI=1S/C19H25N3O4/c1-3-25-10-4-9-20-19(23)18-16-12-26-17(11-22(16)13-21-18)14-5-7-15(24-2)8-6-14/h5-8,13,17H,3-4,9-12H2,1-2H3,(H,20,23)/t17-/m0/s1. The summed E-state index contributed by atoms with van der Waals surface area (Å²) in [5.41, 5.74) is 2.33. The Labute approximate surface area is 153 Å². The van der Waals surface area contributed by atoms with E-state index in [4.69, 9.17) is 14.2 Å². The van der Waals surface area contributed by atoms with Crippen LogP contribution in [-0.4, -0.2) is 42.3 Å². The predicted molar refractivity (Wildman–Crippen MR) is 96.2 cm³/mol. The van der Waals surface area contributed by atoms with Crippen LogP contribution in [0.25, 0.3) is 0 Å². The van der Waals surface area contributed by atoms with E-state index in [1.807, 2.05) is 35.8 Å². The molecule has 1 aliphatic rings. The zero-order chi connectivity index (χ0) is 18.4. The molecule has 1 aromatic heterocycles. The molecular formula is C19H25N3O4. The number of carbonyl (C=O) groups excluding carboxylic acids is 1. The van der Waals surface area contributed by atoms with Crippen molar-refractivity contribution in [1.29, 1.82) is 0 Å². The van der Waals surface area contributed by atoms with Gasteiger partial charge in [-0.15, -0.1) is 0 Å². The van der Waals surface area contributed by atoms with E-state index in [0.29, 0.717) is 38.6 Å². The molecule has 1 aliphatic heterocycles. The molecule has 7 nitrogen and oxygen atoms in total. The number of amides is 1. The third-order valence-corrected chi connectivity index (χ3v) is 4.39. The molecule has 7 heteroatoms. The third kappa shape index (κ3) is 4.23. The molecule has 0 saturated carbocycles. The molecule has 0 radical (unpaired) electrons. The van der Waals surface area contributed by atoms with Gasteiger partial charge in [0.1, 0.15) is 11.9 Å². The van der Waals surface area contributed by atoms with Crippen LogP contribution in [0.3, 0.4) is 0 Å². The fourth-order valence-electron chi connectivity index (χ4n) is 2.94. The lowest BCUT2D eigenvalue weighted by atomic mass is 10.1. The lowest BCUT2D eigenvalue weighted by Crippen LogP contribution is -2.28. The monoisotopic (exact) mass is 359 g/mol. The molecule has 0 bridgehead atoms. The molecule has 140 valence electrons. The molecule has 2 aromatic rings. The fourth-order valence-corrected chi connectivity index (χ4v) is 2.94. The first kappa shape index (κ1) is 18.4. The first-order valence-electron chi connectivity index (χ1n) is 8.88. The first-order chi connectivity index (χ1) is 12.7. The molecule has 1 atom stereocenters. The Morgan fingerprint density at radius 3 is 2.92 bits per heavy atom. The van der Waals surface area contributed by atoms with Gasteiger partial charge in [0, 0.05) is 19.8 Å². The number of imidazole rings is 1. The number of benzene rings is 1. The van der Waals surface area contributed by atoms with Crippen LogP contribution in [0.2, 0.25) is 0 Å². The molecule has 3 rings (SSSR count). The van der Waals surface area contributed by atoms with Crippen molar-refractivity contribution in [2.45, 2.75) is 32.6 Å². The van der Waals surface area contributed by atoms with Gasteiger partial charge in [0.2, 0.25) is 0 Å². The van der Waals surface area contributed by atoms with Gasteiger partial charge in [-0.05, 0) is 31.0 Å². The van der Waals surface area contributed by atoms with Gasteiger partial charge in [-0.2, -0.15) is 0 Å². The van der Waals surface area contributed by atoms with Crippen LogP contribution in [-0.2, 0) is 22.6 Å². The second kappa shape index (κ2) is 8.82. The van der Waals surface area contributed by atoms with Crippen LogP contribution < -0.4 is 10.1 Å². The molecule has 0 spiro atoms. The number of methoxy groups -OCH3 is 1. The molecule has 0 fully saturated rings. The quantitative estimate of drug-likeness (QED) is 0.732. The first-order valence-corrected chi connectivity index (χ1v) is 8.88. The smallest absolute Gasteiger partial charge is 0.271 e. The Bertz CT molecular complexity index is 727. The number of hydrogen-bond donors (Lipinski definition) is 1. The average Bonchev–Trinajstić information content (AvgIpc) is 3.11. The van der Waals surface area contributed by atoms with E-state index < -0.39 is 0 Å². The van der Waals surface area contributed by atoms with Gasteiger partial charge >= 0.3 is 0 Å². The molecule has 1 aromatic carbocycles. The zero-order valence-electron chi connectivity index (χ0n) is 15.2. The zero-order valence-corrected chi connectivity index (χ0v) is 15.2. The SMILES string of the molecule is CCOCCCNC(=O)c1ncn2c1CO[C@H](c1ccc(OC)cc1)C2. The van der Waals surface area contributed by atoms with E-state index in [1.54, 1.807) is 13.4 Å². The Balaban J connectivity index is 1.60. The molecule has 0 saturated heterocycles. The van der Waals surface area contributed by atoms with Crippen LogP contribution in [0.5, 0.6) is 5.75 Å². The average molecular weight is 359 g/mol. The summed E-state index contributed by atoms with van der Waals surface area (Å²) in [7, 11) is 1.65. The minimum Gasteiger partial charge on any atom is -0.497 e. The summed E-state index contributed by atoms with van der Waals surface area (Å²) in [6, 6.07) is 7.83. The van der Waals surface area contributed by atoms with Crippen molar-refractivity contribution in [2.75, 3.05) is 26.9 Å². The molecule has 0 unspecified atom stereocenters. The number of nitrogens with one attached hydrogen (secondary N) is 1. The van der Waals surface area contributed by atoms with Crippen LogP contribution in [0.4, 0.5) is 0 Å². The lowest BCUT2D eigenvalue weighted by molar-refractivity contribution is 0.00255. The highest BCUT2D eigenvalue weighted by atomic mass is 16.5. The predicted octanol–water partition coefficient (Wildman–Crippen LogP) is 2.32. The normalized spacial score (nSPS) is 16.2. The number of fused-ring (bicyclic) bond motifs is 1.